The summed E-state index contributed by atoms with van der Waals surface area (Å²) >= 11 is 0. The average molecular weight is 264 g/mol. The normalized spacial score (nSPS) is 25.2. The van der Waals surface area contributed by atoms with E-state index < -0.39 is 0 Å². The van der Waals surface area contributed by atoms with Crippen LogP contribution >= 0.6 is 0 Å². The maximum Gasteiger partial charge on any atom is -0.0393 e. The standard InChI is InChI=1S/C20H24/c1-5-15-9-3-11-19(15)17(7-1)13-14-18-8-2-6-16-10-4-12-20(16)18/h3-4,9-12,17-18H,1-2,5-8,13-14H2/q-2/t17-,18?/m1/s1. The van der Waals surface area contributed by atoms with Crippen LogP contribution in [0.2, 0.25) is 0 Å². The summed E-state index contributed by atoms with van der Waals surface area (Å²) in [6, 6.07) is 14.0. The molecule has 0 nitrogen and oxygen atoms in total. The van der Waals surface area contributed by atoms with Crippen LogP contribution in [0.1, 0.15) is 72.6 Å². The molecule has 0 N–H and O–H groups in total. The topological polar surface area (TPSA) is 0 Å². The third-order valence-corrected chi connectivity index (χ3v) is 5.63. The molecule has 106 valence electrons. The van der Waals surface area contributed by atoms with Gasteiger partial charge in [-0.2, -0.15) is 46.5 Å². The van der Waals surface area contributed by atoms with Gasteiger partial charge < -0.3 is 0 Å². The highest BCUT2D eigenvalue weighted by molar-refractivity contribution is 5.36. The van der Waals surface area contributed by atoms with Gasteiger partial charge >= 0.3 is 0 Å². The van der Waals surface area contributed by atoms with Gasteiger partial charge in [0.2, 0.25) is 0 Å². The molecule has 0 saturated carbocycles. The molecule has 0 heterocycles. The van der Waals surface area contributed by atoms with Crippen LogP contribution in [0.4, 0.5) is 0 Å². The molecule has 1 unspecified atom stereocenters. The lowest BCUT2D eigenvalue weighted by Crippen LogP contribution is -2.12. The number of hydrogen-bond acceptors (Lipinski definition) is 0. The van der Waals surface area contributed by atoms with Crippen LogP contribution < -0.4 is 0 Å². The molecule has 0 heteroatoms. The summed E-state index contributed by atoms with van der Waals surface area (Å²) in [5.74, 6) is 1.68. The molecule has 0 spiro atoms. The molecule has 20 heavy (non-hydrogen) atoms. The Balaban J connectivity index is 1.46. The Kier molecular flexibility index (Phi) is 3.26. The SMILES string of the molecule is c1cc2c([cH-]1)C(CC[C@H]1CCCc3cc[cH-]c31)CCC2. The fraction of sp³-hybridized carbons (Fsp3) is 0.500. The van der Waals surface area contributed by atoms with E-state index in [1.807, 2.05) is 0 Å². The molecule has 2 aromatic carbocycles. The van der Waals surface area contributed by atoms with E-state index in [4.69, 9.17) is 0 Å². The van der Waals surface area contributed by atoms with Crippen LogP contribution in [-0.4, -0.2) is 0 Å². The van der Waals surface area contributed by atoms with Crippen molar-refractivity contribution >= 4 is 0 Å². The van der Waals surface area contributed by atoms with Crippen molar-refractivity contribution in [3.8, 4) is 0 Å². The van der Waals surface area contributed by atoms with Crippen LogP contribution in [-0.2, 0) is 12.8 Å². The molecule has 0 fully saturated rings. The number of hydrogen-bond donors (Lipinski definition) is 0. The van der Waals surface area contributed by atoms with E-state index in [1.165, 1.54) is 51.4 Å². The zero-order valence-corrected chi connectivity index (χ0v) is 12.3. The lowest BCUT2D eigenvalue weighted by molar-refractivity contribution is 0.446. The molecule has 0 saturated heterocycles. The predicted octanol–water partition coefficient (Wildman–Crippen LogP) is 5.44. The Bertz CT molecular complexity index is 516. The van der Waals surface area contributed by atoms with Gasteiger partial charge in [0.25, 0.3) is 0 Å². The minimum absolute atomic E-state index is 0.842. The molecule has 4 rings (SSSR count). The van der Waals surface area contributed by atoms with Crippen molar-refractivity contribution in [1.82, 2.24) is 0 Å². The summed E-state index contributed by atoms with van der Waals surface area (Å²) in [7, 11) is 0. The minimum Gasteiger partial charge on any atom is -0.210 e. The number of fused-ring (bicyclic) bond motifs is 2. The van der Waals surface area contributed by atoms with Crippen LogP contribution in [0.5, 0.6) is 0 Å². The maximum absolute atomic E-state index is 2.38. The number of aryl methyl sites for hydroxylation is 2. The summed E-state index contributed by atoms with van der Waals surface area (Å²) in [4.78, 5) is 0. The zero-order valence-electron chi connectivity index (χ0n) is 12.3. The van der Waals surface area contributed by atoms with E-state index in [2.05, 4.69) is 36.4 Å². The van der Waals surface area contributed by atoms with Crippen molar-refractivity contribution < 1.29 is 0 Å². The van der Waals surface area contributed by atoms with Crippen molar-refractivity contribution in [3.63, 3.8) is 0 Å². The van der Waals surface area contributed by atoms with Crippen molar-refractivity contribution in [2.75, 3.05) is 0 Å². The summed E-state index contributed by atoms with van der Waals surface area (Å²) < 4.78 is 0. The Hall–Kier alpha value is -1.30. The van der Waals surface area contributed by atoms with Gasteiger partial charge in [-0.15, -0.1) is 0 Å². The summed E-state index contributed by atoms with van der Waals surface area (Å²) in [6.45, 7) is 0. The molecule has 0 radical (unpaired) electrons. The largest absolute Gasteiger partial charge is 0.210 e. The average Bonchev–Trinajstić information content (AvgIpc) is 3.13. The first kappa shape index (κ1) is 12.4. The molecule has 0 aliphatic heterocycles. The van der Waals surface area contributed by atoms with Gasteiger partial charge in [-0.05, 0) is 37.5 Å². The Morgan fingerprint density at radius 2 is 1.30 bits per heavy atom. The minimum atomic E-state index is 0.842. The monoisotopic (exact) mass is 264 g/mol. The van der Waals surface area contributed by atoms with Gasteiger partial charge in [-0.1, -0.05) is 25.7 Å². The third-order valence-electron chi connectivity index (χ3n) is 5.63. The maximum atomic E-state index is 2.38. The molecular weight excluding hydrogens is 240 g/mol. The Labute approximate surface area is 122 Å². The van der Waals surface area contributed by atoms with Gasteiger partial charge in [-0.25, -0.2) is 12.1 Å². The van der Waals surface area contributed by atoms with E-state index in [0.29, 0.717) is 0 Å². The van der Waals surface area contributed by atoms with E-state index in [-0.39, 0.29) is 0 Å². The molecule has 2 aromatic rings. The molecule has 2 aliphatic rings. The highest BCUT2D eigenvalue weighted by Gasteiger charge is 2.19. The van der Waals surface area contributed by atoms with E-state index in [9.17, 15) is 0 Å². The second-order valence-electron chi connectivity index (χ2n) is 6.77. The summed E-state index contributed by atoms with van der Waals surface area (Å²) in [6.07, 6.45) is 11.0. The predicted molar refractivity (Wildman–Crippen MR) is 84.7 cm³/mol. The molecule has 2 atom stereocenters. The second-order valence-corrected chi connectivity index (χ2v) is 6.77. The summed E-state index contributed by atoms with van der Waals surface area (Å²) in [5.41, 5.74) is 6.63. The van der Waals surface area contributed by atoms with Crippen LogP contribution in [0.3, 0.4) is 0 Å². The highest BCUT2D eigenvalue weighted by Crippen LogP contribution is 2.40. The molecule has 2 aliphatic carbocycles. The summed E-state index contributed by atoms with van der Waals surface area (Å²) in [5, 5.41) is 0. The molecular formula is C20H24-2. The quantitative estimate of drug-likeness (QED) is 0.647. The third kappa shape index (κ3) is 2.16. The van der Waals surface area contributed by atoms with Gasteiger partial charge in [0.05, 0.1) is 0 Å². The van der Waals surface area contributed by atoms with Crippen molar-refractivity contribution in [3.05, 3.63) is 58.7 Å². The molecule has 0 aromatic heterocycles. The highest BCUT2D eigenvalue weighted by atomic mass is 14.3. The first-order valence-electron chi connectivity index (χ1n) is 8.41. The lowest BCUT2D eigenvalue weighted by atomic mass is 9.77. The van der Waals surface area contributed by atoms with Gasteiger partial charge in [-0.3, -0.25) is 0 Å². The van der Waals surface area contributed by atoms with Crippen molar-refractivity contribution in [2.45, 2.75) is 63.2 Å². The van der Waals surface area contributed by atoms with Crippen molar-refractivity contribution in [2.24, 2.45) is 0 Å². The first-order chi connectivity index (χ1) is 9.92. The van der Waals surface area contributed by atoms with Crippen LogP contribution in [0.25, 0.3) is 0 Å². The van der Waals surface area contributed by atoms with Gasteiger partial charge in [0, 0.05) is 0 Å². The number of rotatable bonds is 3. The molecule has 0 amide bonds. The first-order valence-corrected chi connectivity index (χ1v) is 8.41. The molecule has 0 bridgehead atoms. The van der Waals surface area contributed by atoms with Gasteiger partial charge in [0.15, 0.2) is 0 Å². The smallest absolute Gasteiger partial charge is 0.0393 e. The fourth-order valence-electron chi connectivity index (χ4n) is 4.59. The van der Waals surface area contributed by atoms with E-state index in [0.717, 1.165) is 11.8 Å². The van der Waals surface area contributed by atoms with Gasteiger partial charge in [0.1, 0.15) is 0 Å². The second kappa shape index (κ2) is 5.24. The lowest BCUT2D eigenvalue weighted by Gasteiger charge is -2.33. The van der Waals surface area contributed by atoms with E-state index >= 15 is 0 Å². The Morgan fingerprint density at radius 1 is 0.800 bits per heavy atom. The van der Waals surface area contributed by atoms with Crippen LogP contribution in [0.15, 0.2) is 36.4 Å². The van der Waals surface area contributed by atoms with Crippen LogP contribution in [0, 0.1) is 0 Å². The Morgan fingerprint density at radius 3 is 1.80 bits per heavy atom. The van der Waals surface area contributed by atoms with Crippen molar-refractivity contribution in [1.29, 1.82) is 0 Å². The van der Waals surface area contributed by atoms with E-state index in [1.54, 1.807) is 22.3 Å². The fourth-order valence-corrected chi connectivity index (χ4v) is 4.59. The zero-order chi connectivity index (χ0) is 13.4.